The molecule has 0 saturated carbocycles. The van der Waals surface area contributed by atoms with Crippen LogP contribution in [0.5, 0.6) is 0 Å². The van der Waals surface area contributed by atoms with Crippen molar-refractivity contribution in [1.82, 2.24) is 19.2 Å². The molecule has 8 nitrogen and oxygen atoms in total. The lowest BCUT2D eigenvalue weighted by molar-refractivity contribution is -0.117. The second-order valence-electron chi connectivity index (χ2n) is 6.48. The van der Waals surface area contributed by atoms with Crippen LogP contribution >= 0.6 is 11.6 Å². The Bertz CT molecular complexity index is 1260. The van der Waals surface area contributed by atoms with Crippen molar-refractivity contribution in [2.75, 3.05) is 24.3 Å². The number of amides is 1. The number of carbonyl (C=O) groups is 1. The summed E-state index contributed by atoms with van der Waals surface area (Å²) in [4.78, 5) is 31.8. The Hall–Kier alpha value is -3.39. The Labute approximate surface area is 165 Å². The monoisotopic (exact) mass is 396 g/mol. The quantitative estimate of drug-likeness (QED) is 0.572. The van der Waals surface area contributed by atoms with Gasteiger partial charge in [-0.1, -0.05) is 29.8 Å². The zero-order valence-electron chi connectivity index (χ0n) is 15.3. The van der Waals surface area contributed by atoms with Gasteiger partial charge in [0, 0.05) is 24.8 Å². The number of nitrogens with one attached hydrogen (secondary N) is 1. The van der Waals surface area contributed by atoms with Gasteiger partial charge in [0.15, 0.2) is 5.82 Å². The fraction of sp³-hybridized carbons (Fsp3) is 0.158. The van der Waals surface area contributed by atoms with Crippen LogP contribution in [0.4, 0.5) is 11.5 Å². The van der Waals surface area contributed by atoms with E-state index in [9.17, 15) is 9.59 Å². The first-order valence-electron chi connectivity index (χ1n) is 8.55. The van der Waals surface area contributed by atoms with E-state index in [4.69, 9.17) is 11.6 Å². The first kappa shape index (κ1) is 18.0. The van der Waals surface area contributed by atoms with Crippen molar-refractivity contribution in [1.29, 1.82) is 0 Å². The summed E-state index contributed by atoms with van der Waals surface area (Å²) in [7, 11) is 3.65. The van der Waals surface area contributed by atoms with Gasteiger partial charge < -0.3 is 10.2 Å². The molecule has 2 aromatic heterocycles. The van der Waals surface area contributed by atoms with Gasteiger partial charge in [0.05, 0.1) is 11.0 Å². The van der Waals surface area contributed by atoms with E-state index < -0.39 is 5.69 Å². The number of halogens is 1. The van der Waals surface area contributed by atoms with E-state index in [0.717, 1.165) is 4.68 Å². The van der Waals surface area contributed by atoms with Gasteiger partial charge >= 0.3 is 5.69 Å². The zero-order valence-corrected chi connectivity index (χ0v) is 16.0. The lowest BCUT2D eigenvalue weighted by atomic mass is 10.3. The summed E-state index contributed by atoms with van der Waals surface area (Å²) in [6, 6.07) is 14.1. The number of anilines is 2. The molecule has 2 heterocycles. The second-order valence-corrected chi connectivity index (χ2v) is 6.91. The van der Waals surface area contributed by atoms with Gasteiger partial charge in [-0.2, -0.15) is 0 Å². The molecular formula is C19H17ClN6O2. The third-order valence-corrected chi connectivity index (χ3v) is 4.45. The number of aromatic nitrogens is 4. The van der Waals surface area contributed by atoms with Gasteiger partial charge in [0.25, 0.3) is 0 Å². The van der Waals surface area contributed by atoms with Crippen molar-refractivity contribution >= 4 is 45.7 Å². The molecule has 0 radical (unpaired) electrons. The maximum Gasteiger partial charge on any atom is 0.351 e. The summed E-state index contributed by atoms with van der Waals surface area (Å²) >= 11 is 5.94. The molecule has 0 bridgehead atoms. The minimum atomic E-state index is -0.405. The van der Waals surface area contributed by atoms with Crippen LogP contribution in [0.25, 0.3) is 16.7 Å². The first-order valence-corrected chi connectivity index (χ1v) is 8.93. The molecule has 0 saturated heterocycles. The highest BCUT2D eigenvalue weighted by atomic mass is 35.5. The Morgan fingerprint density at radius 2 is 1.96 bits per heavy atom. The van der Waals surface area contributed by atoms with E-state index in [1.165, 1.54) is 4.40 Å². The fourth-order valence-electron chi connectivity index (χ4n) is 2.99. The minimum absolute atomic E-state index is 0.228. The van der Waals surface area contributed by atoms with E-state index in [1.54, 1.807) is 35.2 Å². The molecule has 0 spiro atoms. The molecule has 142 valence electrons. The van der Waals surface area contributed by atoms with Gasteiger partial charge in [-0.15, -0.1) is 5.10 Å². The molecule has 9 heteroatoms. The van der Waals surface area contributed by atoms with Crippen LogP contribution in [0.2, 0.25) is 5.02 Å². The van der Waals surface area contributed by atoms with Gasteiger partial charge in [-0.3, -0.25) is 4.79 Å². The molecule has 1 amide bonds. The summed E-state index contributed by atoms with van der Waals surface area (Å²) in [5, 5.41) is 7.59. The number of hydrogen-bond donors (Lipinski definition) is 1. The topological polar surface area (TPSA) is 84.5 Å². The Balaban J connectivity index is 1.77. The van der Waals surface area contributed by atoms with E-state index in [1.807, 2.05) is 32.3 Å². The largest absolute Gasteiger partial charge is 0.360 e. The second kappa shape index (κ2) is 6.97. The van der Waals surface area contributed by atoms with Gasteiger partial charge in [0.1, 0.15) is 6.54 Å². The summed E-state index contributed by atoms with van der Waals surface area (Å²) in [6.45, 7) is -0.228. The number of nitrogens with zero attached hydrogens (tertiary/aromatic N) is 5. The zero-order chi connectivity index (χ0) is 19.8. The predicted molar refractivity (Wildman–Crippen MR) is 109 cm³/mol. The maximum absolute atomic E-state index is 13.0. The number of hydrogen-bond acceptors (Lipinski definition) is 5. The van der Waals surface area contributed by atoms with E-state index in [-0.39, 0.29) is 12.5 Å². The van der Waals surface area contributed by atoms with E-state index in [2.05, 4.69) is 15.4 Å². The van der Waals surface area contributed by atoms with E-state index in [0.29, 0.717) is 33.2 Å². The molecule has 0 unspecified atom stereocenters. The number of benzene rings is 2. The highest BCUT2D eigenvalue weighted by molar-refractivity contribution is 6.30. The molecule has 0 aliphatic carbocycles. The molecule has 4 rings (SSSR count). The van der Waals surface area contributed by atoms with Crippen molar-refractivity contribution in [3.8, 4) is 0 Å². The molecule has 0 atom stereocenters. The van der Waals surface area contributed by atoms with Crippen molar-refractivity contribution in [3.05, 3.63) is 64.0 Å². The number of para-hydroxylation sites is 2. The average Bonchev–Trinajstić information content (AvgIpc) is 2.97. The lowest BCUT2D eigenvalue weighted by Gasteiger charge is -2.12. The highest BCUT2D eigenvalue weighted by Crippen LogP contribution is 2.20. The Kier molecular flexibility index (Phi) is 4.48. The molecule has 1 N–H and O–H groups in total. The molecular weight excluding hydrogens is 380 g/mol. The van der Waals surface area contributed by atoms with Crippen LogP contribution in [0, 0.1) is 0 Å². The van der Waals surface area contributed by atoms with Crippen LogP contribution < -0.4 is 15.9 Å². The SMILES string of the molecule is CN(C)c1nc2ccccc2n2c(=O)n(CC(=O)Nc3cccc(Cl)c3)nc12. The fourth-order valence-corrected chi connectivity index (χ4v) is 3.18. The molecule has 0 fully saturated rings. The molecule has 2 aromatic carbocycles. The molecule has 28 heavy (non-hydrogen) atoms. The Morgan fingerprint density at radius 3 is 2.71 bits per heavy atom. The van der Waals surface area contributed by atoms with Crippen molar-refractivity contribution in [2.24, 2.45) is 0 Å². The summed E-state index contributed by atoms with van der Waals surface area (Å²) in [5.74, 6) is 0.168. The summed E-state index contributed by atoms with van der Waals surface area (Å²) in [6.07, 6.45) is 0. The van der Waals surface area contributed by atoms with Gasteiger partial charge in [-0.05, 0) is 30.3 Å². The average molecular weight is 397 g/mol. The van der Waals surface area contributed by atoms with Crippen LogP contribution in [0.15, 0.2) is 53.3 Å². The highest BCUT2D eigenvalue weighted by Gasteiger charge is 2.18. The van der Waals surface area contributed by atoms with Crippen LogP contribution in [0.3, 0.4) is 0 Å². The third-order valence-electron chi connectivity index (χ3n) is 4.21. The molecule has 0 aliphatic rings. The van der Waals surface area contributed by atoms with Crippen LogP contribution in [0.1, 0.15) is 0 Å². The van der Waals surface area contributed by atoms with Crippen LogP contribution in [-0.2, 0) is 11.3 Å². The van der Waals surface area contributed by atoms with Gasteiger partial charge in [0.2, 0.25) is 11.6 Å². The predicted octanol–water partition coefficient (Wildman–Crippen LogP) is 2.40. The standard InChI is InChI=1S/C19H17ClN6O2/c1-24(2)17-18-23-25(11-16(27)21-13-7-5-6-12(20)10-13)19(28)26(18)15-9-4-3-8-14(15)22-17/h3-10H,11H2,1-2H3,(H,21,27). The molecule has 0 aliphatic heterocycles. The summed E-state index contributed by atoms with van der Waals surface area (Å²) in [5.41, 5.74) is 1.84. The third kappa shape index (κ3) is 3.18. The van der Waals surface area contributed by atoms with Crippen LogP contribution in [-0.4, -0.2) is 39.2 Å². The normalized spacial score (nSPS) is 11.1. The number of rotatable bonds is 4. The lowest BCUT2D eigenvalue weighted by Crippen LogP contribution is -2.28. The van der Waals surface area contributed by atoms with Gasteiger partial charge in [-0.25, -0.2) is 18.9 Å². The van der Waals surface area contributed by atoms with Crippen molar-refractivity contribution < 1.29 is 4.79 Å². The number of fused-ring (bicyclic) bond motifs is 3. The smallest absolute Gasteiger partial charge is 0.351 e. The van der Waals surface area contributed by atoms with Crippen molar-refractivity contribution in [2.45, 2.75) is 6.54 Å². The van der Waals surface area contributed by atoms with Crippen molar-refractivity contribution in [3.63, 3.8) is 0 Å². The first-order chi connectivity index (χ1) is 13.4. The van der Waals surface area contributed by atoms with E-state index >= 15 is 0 Å². The number of carbonyl (C=O) groups excluding carboxylic acids is 1. The minimum Gasteiger partial charge on any atom is -0.360 e. The Morgan fingerprint density at radius 1 is 1.18 bits per heavy atom. The maximum atomic E-state index is 13.0. The molecule has 4 aromatic rings. The summed E-state index contributed by atoms with van der Waals surface area (Å²) < 4.78 is 2.61.